The summed E-state index contributed by atoms with van der Waals surface area (Å²) in [5.74, 6) is -0.430. The van der Waals surface area contributed by atoms with E-state index in [1.54, 1.807) is 48.5 Å². The maximum atomic E-state index is 12.5. The lowest BCUT2D eigenvalue weighted by atomic mass is 10.1. The third-order valence-corrected chi connectivity index (χ3v) is 6.13. The summed E-state index contributed by atoms with van der Waals surface area (Å²) in [6, 6.07) is 14.5. The summed E-state index contributed by atoms with van der Waals surface area (Å²) in [5.41, 5.74) is 1.27. The maximum Gasteiger partial charge on any atom is 0.338 e. The van der Waals surface area contributed by atoms with Gasteiger partial charge in [-0.1, -0.05) is 36.8 Å². The van der Waals surface area contributed by atoms with Crippen molar-refractivity contribution < 1.29 is 19.1 Å². The molecule has 0 aliphatic carbocycles. The Morgan fingerprint density at radius 3 is 2.63 bits per heavy atom. The van der Waals surface area contributed by atoms with Crippen molar-refractivity contribution in [3.8, 4) is 5.75 Å². The van der Waals surface area contributed by atoms with Crippen molar-refractivity contribution in [2.24, 2.45) is 0 Å². The van der Waals surface area contributed by atoms with E-state index in [0.717, 1.165) is 24.3 Å². The molecule has 0 radical (unpaired) electrons. The Kier molecular flexibility index (Phi) is 7.51. The van der Waals surface area contributed by atoms with Crippen LogP contribution in [0.5, 0.6) is 5.75 Å². The van der Waals surface area contributed by atoms with Gasteiger partial charge in [-0.05, 0) is 42.8 Å². The number of aryl methyl sites for hydroxylation is 1. The van der Waals surface area contributed by atoms with Gasteiger partial charge in [-0.3, -0.25) is 9.59 Å². The van der Waals surface area contributed by atoms with E-state index in [2.05, 4.69) is 22.3 Å². The molecule has 1 amide bonds. The predicted molar refractivity (Wildman–Crippen MR) is 132 cm³/mol. The third-order valence-electron chi connectivity index (χ3n) is 5.17. The van der Waals surface area contributed by atoms with E-state index in [1.807, 2.05) is 0 Å². The second-order valence-electron chi connectivity index (χ2n) is 7.69. The van der Waals surface area contributed by atoms with Gasteiger partial charge >= 0.3 is 5.97 Å². The first kappa shape index (κ1) is 24.1. The zero-order chi connectivity index (χ0) is 24.8. The molecule has 0 bridgehead atoms. The lowest BCUT2D eigenvalue weighted by Crippen LogP contribution is -2.16. The number of anilines is 1. The average molecular weight is 493 g/mol. The van der Waals surface area contributed by atoms with Gasteiger partial charge in [0.25, 0.3) is 11.5 Å². The highest BCUT2D eigenvalue weighted by molar-refractivity contribution is 7.16. The lowest BCUT2D eigenvalue weighted by Gasteiger charge is -2.09. The van der Waals surface area contributed by atoms with Crippen LogP contribution in [0.3, 0.4) is 0 Å². The monoisotopic (exact) mass is 492 g/mol. The minimum atomic E-state index is -0.567. The number of carbonyl (C=O) groups excluding carboxylic acids is 2. The van der Waals surface area contributed by atoms with E-state index < -0.39 is 5.97 Å². The second kappa shape index (κ2) is 10.9. The molecule has 0 saturated carbocycles. The van der Waals surface area contributed by atoms with Crippen molar-refractivity contribution in [3.63, 3.8) is 0 Å². The number of unbranched alkanes of at least 4 members (excludes halogenated alkanes) is 1. The molecule has 0 saturated heterocycles. The smallest absolute Gasteiger partial charge is 0.338 e. The largest absolute Gasteiger partial charge is 0.496 e. The molecule has 2 aromatic heterocycles. The van der Waals surface area contributed by atoms with Crippen molar-refractivity contribution in [1.82, 2.24) is 14.6 Å². The summed E-state index contributed by atoms with van der Waals surface area (Å²) in [6.07, 6.45) is 2.82. The summed E-state index contributed by atoms with van der Waals surface area (Å²) in [5, 5.41) is 7.93. The Morgan fingerprint density at radius 2 is 1.89 bits per heavy atom. The number of amides is 1. The first-order valence-electron chi connectivity index (χ1n) is 11.1. The minimum Gasteiger partial charge on any atom is -0.496 e. The first-order chi connectivity index (χ1) is 17.0. The number of carbonyl (C=O) groups is 2. The van der Waals surface area contributed by atoms with E-state index in [0.29, 0.717) is 33.2 Å². The molecule has 0 spiro atoms. The van der Waals surface area contributed by atoms with Gasteiger partial charge in [-0.2, -0.15) is 9.61 Å². The molecule has 9 nitrogen and oxygen atoms in total. The van der Waals surface area contributed by atoms with Crippen LogP contribution in [0.25, 0.3) is 4.96 Å². The molecule has 10 heteroatoms. The lowest BCUT2D eigenvalue weighted by molar-refractivity contribution is 0.0467. The van der Waals surface area contributed by atoms with Crippen LogP contribution in [0.2, 0.25) is 0 Å². The highest BCUT2D eigenvalue weighted by Crippen LogP contribution is 2.20. The van der Waals surface area contributed by atoms with Crippen molar-refractivity contribution in [2.75, 3.05) is 12.4 Å². The Balaban J connectivity index is 1.38. The molecular formula is C25H24N4O5S. The summed E-state index contributed by atoms with van der Waals surface area (Å²) < 4.78 is 11.8. The number of nitrogens with zero attached hydrogens (tertiary/aromatic N) is 3. The fraction of sp³-hybridized carbons (Fsp3) is 0.240. The molecule has 0 aliphatic rings. The summed E-state index contributed by atoms with van der Waals surface area (Å²) >= 11 is 1.36. The highest BCUT2D eigenvalue weighted by Gasteiger charge is 2.14. The van der Waals surface area contributed by atoms with Crippen LogP contribution in [-0.2, 0) is 17.8 Å². The van der Waals surface area contributed by atoms with Crippen molar-refractivity contribution >= 4 is 33.9 Å². The zero-order valence-electron chi connectivity index (χ0n) is 19.3. The fourth-order valence-electron chi connectivity index (χ4n) is 3.34. The quantitative estimate of drug-likeness (QED) is 0.350. The van der Waals surface area contributed by atoms with Gasteiger partial charge in [0.2, 0.25) is 4.96 Å². The molecule has 4 rings (SSSR count). The Hall–Kier alpha value is -4.05. The second-order valence-corrected chi connectivity index (χ2v) is 8.73. The fourth-order valence-corrected chi connectivity index (χ4v) is 4.30. The number of aromatic nitrogens is 3. The van der Waals surface area contributed by atoms with Crippen molar-refractivity contribution in [3.05, 3.63) is 86.8 Å². The van der Waals surface area contributed by atoms with E-state index in [4.69, 9.17) is 9.47 Å². The number of para-hydroxylation sites is 1. The van der Waals surface area contributed by atoms with E-state index in [9.17, 15) is 14.4 Å². The van der Waals surface area contributed by atoms with Gasteiger partial charge < -0.3 is 14.8 Å². The topological polar surface area (TPSA) is 112 Å². The van der Waals surface area contributed by atoms with E-state index in [1.165, 1.54) is 29.0 Å². The van der Waals surface area contributed by atoms with Crippen molar-refractivity contribution in [1.29, 1.82) is 0 Å². The summed E-state index contributed by atoms with van der Waals surface area (Å²) in [7, 11) is 1.50. The molecule has 0 unspecified atom stereocenters. The van der Waals surface area contributed by atoms with Gasteiger partial charge in [0.15, 0.2) is 0 Å². The van der Waals surface area contributed by atoms with Crippen LogP contribution in [0.1, 0.15) is 51.2 Å². The Bertz CT molecular complexity index is 1410. The van der Waals surface area contributed by atoms with Crippen LogP contribution < -0.4 is 15.6 Å². The Morgan fingerprint density at radius 1 is 1.11 bits per heavy atom. The highest BCUT2D eigenvalue weighted by atomic mass is 32.1. The SMILES string of the molecule is CCCCc1nn2c(=O)cc(COC(=O)c3ccc(NC(=O)c4ccccc4OC)cc3)nc2s1. The van der Waals surface area contributed by atoms with Crippen LogP contribution in [-0.4, -0.2) is 33.6 Å². The van der Waals surface area contributed by atoms with E-state index >= 15 is 0 Å². The van der Waals surface area contributed by atoms with Gasteiger partial charge in [-0.25, -0.2) is 9.78 Å². The minimum absolute atomic E-state index is 0.140. The number of nitrogens with one attached hydrogen (secondary N) is 1. The summed E-state index contributed by atoms with van der Waals surface area (Å²) in [6.45, 7) is 1.95. The van der Waals surface area contributed by atoms with Gasteiger partial charge in [0.1, 0.15) is 17.4 Å². The normalized spacial score (nSPS) is 10.8. The number of benzene rings is 2. The molecule has 180 valence electrons. The molecule has 2 heterocycles. The molecule has 0 fully saturated rings. The zero-order valence-corrected chi connectivity index (χ0v) is 20.1. The molecule has 0 atom stereocenters. The molecule has 4 aromatic rings. The predicted octanol–water partition coefficient (Wildman–Crippen LogP) is 4.11. The van der Waals surface area contributed by atoms with Gasteiger partial charge in [-0.15, -0.1) is 0 Å². The van der Waals surface area contributed by atoms with Crippen LogP contribution in [0, 0.1) is 0 Å². The third kappa shape index (κ3) is 5.72. The standard InChI is InChI=1S/C25H24N4O5S/c1-3-4-9-21-28-29-22(30)14-18(27-25(29)35-21)15-34-24(32)16-10-12-17(13-11-16)26-23(31)19-7-5-6-8-20(19)33-2/h5-8,10-14H,3-4,9,15H2,1-2H3,(H,26,31). The number of ether oxygens (including phenoxy) is 2. The average Bonchev–Trinajstić information content (AvgIpc) is 3.30. The van der Waals surface area contributed by atoms with Crippen LogP contribution in [0.15, 0.2) is 59.4 Å². The van der Waals surface area contributed by atoms with Gasteiger partial charge in [0, 0.05) is 18.2 Å². The van der Waals surface area contributed by atoms with Crippen molar-refractivity contribution in [2.45, 2.75) is 32.8 Å². The number of esters is 1. The van der Waals surface area contributed by atoms with Gasteiger partial charge in [0.05, 0.1) is 23.9 Å². The number of hydrogen-bond acceptors (Lipinski definition) is 8. The molecule has 1 N–H and O–H groups in total. The van der Waals surface area contributed by atoms with E-state index in [-0.39, 0.29) is 18.1 Å². The first-order valence-corrected chi connectivity index (χ1v) is 11.9. The number of fused-ring (bicyclic) bond motifs is 1. The number of methoxy groups -OCH3 is 1. The molecule has 35 heavy (non-hydrogen) atoms. The maximum absolute atomic E-state index is 12.5. The number of hydrogen-bond donors (Lipinski definition) is 1. The Labute approximate surface area is 205 Å². The molecule has 0 aliphatic heterocycles. The number of rotatable bonds is 9. The molecule has 2 aromatic carbocycles. The van der Waals surface area contributed by atoms with Crippen LogP contribution >= 0.6 is 11.3 Å². The summed E-state index contributed by atoms with van der Waals surface area (Å²) in [4.78, 5) is 42.2. The van der Waals surface area contributed by atoms with Crippen LogP contribution in [0.4, 0.5) is 5.69 Å². The molecular weight excluding hydrogens is 468 g/mol.